The van der Waals surface area contributed by atoms with Crippen LogP contribution in [0.5, 0.6) is 5.75 Å². The molecule has 0 unspecified atom stereocenters. The van der Waals surface area contributed by atoms with Gasteiger partial charge < -0.3 is 10.1 Å². The number of ether oxygens (including phenoxy) is 1. The number of carbonyl (C=O) groups is 1. The first-order chi connectivity index (χ1) is 9.29. The molecule has 0 aromatic heterocycles. The Hall–Kier alpha value is -2.29. The van der Waals surface area contributed by atoms with Crippen molar-refractivity contribution in [2.45, 2.75) is 19.4 Å². The fourth-order valence-corrected chi connectivity index (χ4v) is 1.73. The number of rotatable bonds is 5. The van der Waals surface area contributed by atoms with E-state index in [1.165, 1.54) is 0 Å². The lowest BCUT2D eigenvalue weighted by molar-refractivity contribution is -0.122. The number of anilines is 1. The lowest BCUT2D eigenvalue weighted by atomic mass is 10.2. The van der Waals surface area contributed by atoms with Crippen LogP contribution in [0, 0.1) is 0 Å². The highest BCUT2D eigenvalue weighted by Gasteiger charge is 2.18. The van der Waals surface area contributed by atoms with Crippen LogP contribution in [-0.2, 0) is 4.79 Å². The van der Waals surface area contributed by atoms with Crippen LogP contribution < -0.4 is 10.1 Å². The minimum absolute atomic E-state index is 0.127. The zero-order chi connectivity index (χ0) is 13.5. The van der Waals surface area contributed by atoms with E-state index in [9.17, 15) is 4.79 Å². The summed E-state index contributed by atoms with van der Waals surface area (Å²) in [7, 11) is 0. The molecule has 0 spiro atoms. The first-order valence-corrected chi connectivity index (χ1v) is 6.37. The molecule has 3 nitrogen and oxygen atoms in total. The van der Waals surface area contributed by atoms with Crippen LogP contribution in [0.25, 0.3) is 0 Å². The molecule has 2 aromatic carbocycles. The normalized spacial score (nSPS) is 11.6. The summed E-state index contributed by atoms with van der Waals surface area (Å²) in [6.07, 6.45) is 0.135. The number of hydrogen-bond acceptors (Lipinski definition) is 2. The third-order valence-electron chi connectivity index (χ3n) is 2.73. The molecule has 2 rings (SSSR count). The predicted octanol–water partition coefficient (Wildman–Crippen LogP) is 3.48. The van der Waals surface area contributed by atoms with Crippen molar-refractivity contribution >= 4 is 11.6 Å². The Morgan fingerprint density at radius 2 is 1.63 bits per heavy atom. The highest BCUT2D eigenvalue weighted by atomic mass is 16.5. The smallest absolute Gasteiger partial charge is 0.265 e. The lowest BCUT2D eigenvalue weighted by Gasteiger charge is -2.17. The van der Waals surface area contributed by atoms with Crippen molar-refractivity contribution in [1.29, 1.82) is 0 Å². The third-order valence-corrected chi connectivity index (χ3v) is 2.73. The highest BCUT2D eigenvalue weighted by Crippen LogP contribution is 2.14. The Balaban J connectivity index is 2.00. The van der Waals surface area contributed by atoms with E-state index in [1.54, 1.807) is 0 Å². The van der Waals surface area contributed by atoms with Crippen LogP contribution in [0.4, 0.5) is 5.69 Å². The van der Waals surface area contributed by atoms with Crippen molar-refractivity contribution in [3.05, 3.63) is 60.7 Å². The van der Waals surface area contributed by atoms with Gasteiger partial charge in [-0.1, -0.05) is 43.3 Å². The summed E-state index contributed by atoms with van der Waals surface area (Å²) < 4.78 is 5.69. The summed E-state index contributed by atoms with van der Waals surface area (Å²) in [6, 6.07) is 18.8. The van der Waals surface area contributed by atoms with Crippen molar-refractivity contribution < 1.29 is 9.53 Å². The van der Waals surface area contributed by atoms with Crippen molar-refractivity contribution in [3.8, 4) is 5.75 Å². The maximum atomic E-state index is 12.1. The summed E-state index contributed by atoms with van der Waals surface area (Å²) in [5.74, 6) is 0.579. The second-order valence-corrected chi connectivity index (χ2v) is 4.18. The van der Waals surface area contributed by atoms with Gasteiger partial charge in [-0.15, -0.1) is 0 Å². The minimum atomic E-state index is -0.484. The highest BCUT2D eigenvalue weighted by molar-refractivity contribution is 5.94. The van der Waals surface area contributed by atoms with Crippen LogP contribution in [0.3, 0.4) is 0 Å². The molecule has 98 valence electrons. The molecular weight excluding hydrogens is 238 g/mol. The molecule has 0 bridgehead atoms. The van der Waals surface area contributed by atoms with E-state index in [0.29, 0.717) is 12.2 Å². The van der Waals surface area contributed by atoms with E-state index in [2.05, 4.69) is 5.32 Å². The molecule has 0 aliphatic heterocycles. The van der Waals surface area contributed by atoms with Crippen LogP contribution in [-0.4, -0.2) is 12.0 Å². The molecule has 3 heteroatoms. The fraction of sp³-hybridized carbons (Fsp3) is 0.188. The summed E-state index contributed by atoms with van der Waals surface area (Å²) in [5.41, 5.74) is 0.780. The molecule has 0 fully saturated rings. The van der Waals surface area contributed by atoms with Gasteiger partial charge in [-0.2, -0.15) is 0 Å². The number of benzene rings is 2. The van der Waals surface area contributed by atoms with Gasteiger partial charge in [0.1, 0.15) is 5.75 Å². The SMILES string of the molecule is CC[C@@H](Oc1ccccc1)C(=O)Nc1ccccc1. The Morgan fingerprint density at radius 3 is 2.21 bits per heavy atom. The van der Waals surface area contributed by atoms with Gasteiger partial charge in [0, 0.05) is 5.69 Å². The topological polar surface area (TPSA) is 38.3 Å². The molecule has 1 amide bonds. The molecule has 0 radical (unpaired) electrons. The Morgan fingerprint density at radius 1 is 1.05 bits per heavy atom. The Kier molecular flexibility index (Phi) is 4.56. The maximum absolute atomic E-state index is 12.1. The molecule has 2 aromatic rings. The summed E-state index contributed by atoms with van der Waals surface area (Å²) >= 11 is 0. The minimum Gasteiger partial charge on any atom is -0.481 e. The van der Waals surface area contributed by atoms with Crippen LogP contribution in [0.2, 0.25) is 0 Å². The first-order valence-electron chi connectivity index (χ1n) is 6.37. The first kappa shape index (κ1) is 13.1. The van der Waals surface area contributed by atoms with E-state index in [-0.39, 0.29) is 5.91 Å². The van der Waals surface area contributed by atoms with Crippen LogP contribution in [0.15, 0.2) is 60.7 Å². The van der Waals surface area contributed by atoms with Gasteiger partial charge in [-0.05, 0) is 30.7 Å². The molecule has 0 heterocycles. The molecule has 0 saturated carbocycles. The monoisotopic (exact) mass is 255 g/mol. The fourth-order valence-electron chi connectivity index (χ4n) is 1.73. The van der Waals surface area contributed by atoms with E-state index in [4.69, 9.17) is 4.74 Å². The molecule has 0 aliphatic carbocycles. The Bertz CT molecular complexity index is 511. The summed E-state index contributed by atoms with van der Waals surface area (Å²) in [4.78, 5) is 12.1. The quantitative estimate of drug-likeness (QED) is 0.888. The van der Waals surface area contributed by atoms with Gasteiger partial charge in [0.15, 0.2) is 6.10 Å². The van der Waals surface area contributed by atoms with Crippen LogP contribution in [0.1, 0.15) is 13.3 Å². The number of nitrogens with one attached hydrogen (secondary N) is 1. The summed E-state index contributed by atoms with van der Waals surface area (Å²) in [5, 5.41) is 2.85. The van der Waals surface area contributed by atoms with Gasteiger partial charge in [0.2, 0.25) is 0 Å². The standard InChI is InChI=1S/C16H17NO2/c1-2-15(19-14-11-7-4-8-12-14)16(18)17-13-9-5-3-6-10-13/h3-12,15H,2H2,1H3,(H,17,18)/t15-/m1/s1. The average molecular weight is 255 g/mol. The maximum Gasteiger partial charge on any atom is 0.265 e. The number of amides is 1. The van der Waals surface area contributed by atoms with Gasteiger partial charge in [0.25, 0.3) is 5.91 Å². The predicted molar refractivity (Wildman–Crippen MR) is 76.2 cm³/mol. The van der Waals surface area contributed by atoms with Crippen molar-refractivity contribution in [2.75, 3.05) is 5.32 Å². The van der Waals surface area contributed by atoms with Crippen LogP contribution >= 0.6 is 0 Å². The lowest BCUT2D eigenvalue weighted by Crippen LogP contribution is -2.32. The molecule has 0 aliphatic rings. The molecule has 1 atom stereocenters. The zero-order valence-electron chi connectivity index (χ0n) is 10.9. The second kappa shape index (κ2) is 6.59. The van der Waals surface area contributed by atoms with E-state index in [1.807, 2.05) is 67.6 Å². The number of para-hydroxylation sites is 2. The zero-order valence-corrected chi connectivity index (χ0v) is 10.9. The Labute approximate surface area is 113 Å². The van der Waals surface area contributed by atoms with Crippen molar-refractivity contribution in [3.63, 3.8) is 0 Å². The average Bonchev–Trinajstić information content (AvgIpc) is 2.47. The van der Waals surface area contributed by atoms with E-state index in [0.717, 1.165) is 5.69 Å². The van der Waals surface area contributed by atoms with Gasteiger partial charge >= 0.3 is 0 Å². The van der Waals surface area contributed by atoms with E-state index < -0.39 is 6.10 Å². The van der Waals surface area contributed by atoms with Crippen molar-refractivity contribution in [1.82, 2.24) is 0 Å². The molecule has 1 N–H and O–H groups in total. The molecule has 19 heavy (non-hydrogen) atoms. The van der Waals surface area contributed by atoms with Gasteiger partial charge in [-0.25, -0.2) is 0 Å². The van der Waals surface area contributed by atoms with Crippen molar-refractivity contribution in [2.24, 2.45) is 0 Å². The van der Waals surface area contributed by atoms with Gasteiger partial charge in [-0.3, -0.25) is 4.79 Å². The summed E-state index contributed by atoms with van der Waals surface area (Å²) in [6.45, 7) is 1.93. The van der Waals surface area contributed by atoms with Gasteiger partial charge in [0.05, 0.1) is 0 Å². The van der Waals surface area contributed by atoms with E-state index >= 15 is 0 Å². The largest absolute Gasteiger partial charge is 0.481 e. The number of hydrogen-bond donors (Lipinski definition) is 1. The third kappa shape index (κ3) is 3.85. The molecule has 0 saturated heterocycles. The second-order valence-electron chi connectivity index (χ2n) is 4.18. The number of carbonyl (C=O) groups excluding carboxylic acids is 1. The molecular formula is C16H17NO2.